The zero-order valence-electron chi connectivity index (χ0n) is 13.3. The Morgan fingerprint density at radius 3 is 2.67 bits per heavy atom. The molecule has 1 aliphatic heterocycles. The molecule has 110 valence electrons. The van der Waals surface area contributed by atoms with Gasteiger partial charge in [-0.3, -0.25) is 0 Å². The second-order valence-electron chi connectivity index (χ2n) is 6.09. The normalized spacial score (nSPS) is 17.0. The van der Waals surface area contributed by atoms with Gasteiger partial charge >= 0.3 is 0 Å². The van der Waals surface area contributed by atoms with E-state index in [0.29, 0.717) is 6.04 Å². The molecule has 1 aliphatic rings. The summed E-state index contributed by atoms with van der Waals surface area (Å²) in [6, 6.07) is 11.7. The van der Waals surface area contributed by atoms with Crippen LogP contribution in [0, 0.1) is 13.8 Å². The maximum absolute atomic E-state index is 5.41. The number of hydrogen-bond acceptors (Lipinski definition) is 2. The Balaban J connectivity index is 2.03. The molecule has 0 bridgehead atoms. The van der Waals surface area contributed by atoms with Crippen LogP contribution in [0.5, 0.6) is 5.75 Å². The molecular weight excluding hydrogens is 258 g/mol. The number of nitrogens with one attached hydrogen (secondary N) is 1. The van der Waals surface area contributed by atoms with E-state index in [0.717, 1.165) is 12.2 Å². The molecule has 0 fully saturated rings. The molecule has 2 heteroatoms. The zero-order chi connectivity index (χ0) is 15.0. The number of fused-ring (bicyclic) bond motifs is 1. The lowest BCUT2D eigenvalue weighted by atomic mass is 9.92. The molecule has 1 unspecified atom stereocenters. The Morgan fingerprint density at radius 2 is 1.90 bits per heavy atom. The lowest BCUT2D eigenvalue weighted by Crippen LogP contribution is -2.21. The molecule has 2 aromatic rings. The predicted molar refractivity (Wildman–Crippen MR) is 89.3 cm³/mol. The smallest absolute Gasteiger partial charge is 0.122 e. The first-order chi connectivity index (χ1) is 10.1. The molecule has 0 saturated carbocycles. The van der Waals surface area contributed by atoms with Crippen LogP contribution in [0.2, 0.25) is 0 Å². The summed E-state index contributed by atoms with van der Waals surface area (Å²) >= 11 is 0. The summed E-state index contributed by atoms with van der Waals surface area (Å²) in [7, 11) is 1.73. The van der Waals surface area contributed by atoms with E-state index in [1.807, 2.05) is 0 Å². The quantitative estimate of drug-likeness (QED) is 0.859. The van der Waals surface area contributed by atoms with Crippen LogP contribution < -0.4 is 10.1 Å². The number of anilines is 1. The van der Waals surface area contributed by atoms with Crippen molar-refractivity contribution in [3.8, 4) is 16.9 Å². The van der Waals surface area contributed by atoms with Gasteiger partial charge in [0.15, 0.2) is 0 Å². The van der Waals surface area contributed by atoms with Crippen LogP contribution in [0.4, 0.5) is 5.69 Å². The Kier molecular flexibility index (Phi) is 3.62. The van der Waals surface area contributed by atoms with Gasteiger partial charge < -0.3 is 10.1 Å². The summed E-state index contributed by atoms with van der Waals surface area (Å²) in [6.45, 7) is 6.49. The van der Waals surface area contributed by atoms with Gasteiger partial charge in [-0.15, -0.1) is 0 Å². The molecule has 1 atom stereocenters. The van der Waals surface area contributed by atoms with Gasteiger partial charge in [0.05, 0.1) is 7.11 Å². The van der Waals surface area contributed by atoms with Gasteiger partial charge in [0.25, 0.3) is 0 Å². The van der Waals surface area contributed by atoms with Crippen molar-refractivity contribution < 1.29 is 4.74 Å². The van der Waals surface area contributed by atoms with Gasteiger partial charge in [-0.2, -0.15) is 0 Å². The molecule has 2 aromatic carbocycles. The third-order valence-electron chi connectivity index (χ3n) is 4.41. The first-order valence-corrected chi connectivity index (χ1v) is 7.63. The van der Waals surface area contributed by atoms with E-state index >= 15 is 0 Å². The van der Waals surface area contributed by atoms with Gasteiger partial charge in [0.1, 0.15) is 5.75 Å². The minimum atomic E-state index is 0.577. The van der Waals surface area contributed by atoms with E-state index in [-0.39, 0.29) is 0 Å². The second kappa shape index (κ2) is 5.44. The highest BCUT2D eigenvalue weighted by molar-refractivity contribution is 5.73. The number of aryl methyl sites for hydroxylation is 3. The fraction of sp³-hybridized carbons (Fsp3) is 0.368. The van der Waals surface area contributed by atoms with Crippen molar-refractivity contribution in [2.24, 2.45) is 0 Å². The summed E-state index contributed by atoms with van der Waals surface area (Å²) in [6.07, 6.45) is 2.36. The summed E-state index contributed by atoms with van der Waals surface area (Å²) < 4.78 is 5.41. The van der Waals surface area contributed by atoms with Crippen LogP contribution in [0.15, 0.2) is 30.3 Å². The van der Waals surface area contributed by atoms with Gasteiger partial charge in [-0.05, 0) is 85.7 Å². The maximum atomic E-state index is 5.41. The molecule has 1 heterocycles. The molecular formula is C19H23NO. The van der Waals surface area contributed by atoms with Crippen molar-refractivity contribution in [1.82, 2.24) is 0 Å². The number of benzene rings is 2. The van der Waals surface area contributed by atoms with Crippen molar-refractivity contribution >= 4 is 5.69 Å². The van der Waals surface area contributed by atoms with E-state index in [9.17, 15) is 0 Å². The predicted octanol–water partition coefficient (Wildman–Crippen LogP) is 4.73. The van der Waals surface area contributed by atoms with Crippen LogP contribution in [-0.4, -0.2) is 13.2 Å². The summed E-state index contributed by atoms with van der Waals surface area (Å²) in [4.78, 5) is 0. The molecule has 0 aliphatic carbocycles. The molecule has 0 saturated heterocycles. The van der Waals surface area contributed by atoms with Gasteiger partial charge in [-0.1, -0.05) is 6.07 Å². The lowest BCUT2D eigenvalue weighted by Gasteiger charge is -2.25. The molecule has 0 amide bonds. The second-order valence-corrected chi connectivity index (χ2v) is 6.09. The first kappa shape index (κ1) is 14.0. The average molecular weight is 281 g/mol. The van der Waals surface area contributed by atoms with Crippen molar-refractivity contribution in [2.45, 2.75) is 39.7 Å². The highest BCUT2D eigenvalue weighted by Crippen LogP contribution is 2.34. The summed E-state index contributed by atoms with van der Waals surface area (Å²) in [5.74, 6) is 0.963. The van der Waals surface area contributed by atoms with Crippen LogP contribution in [-0.2, 0) is 6.42 Å². The molecule has 2 nitrogen and oxygen atoms in total. The van der Waals surface area contributed by atoms with Crippen molar-refractivity contribution in [2.75, 3.05) is 12.4 Å². The first-order valence-electron chi connectivity index (χ1n) is 7.63. The number of ether oxygens (including phenoxy) is 1. The lowest BCUT2D eigenvalue weighted by molar-refractivity contribution is 0.411. The highest BCUT2D eigenvalue weighted by atomic mass is 16.5. The van der Waals surface area contributed by atoms with Crippen LogP contribution in [0.25, 0.3) is 11.1 Å². The van der Waals surface area contributed by atoms with Crippen LogP contribution in [0.3, 0.4) is 0 Å². The number of rotatable bonds is 2. The minimum Gasteiger partial charge on any atom is -0.496 e. The van der Waals surface area contributed by atoms with E-state index in [4.69, 9.17) is 4.74 Å². The van der Waals surface area contributed by atoms with E-state index < -0.39 is 0 Å². The van der Waals surface area contributed by atoms with Crippen molar-refractivity contribution in [3.05, 3.63) is 47.0 Å². The Bertz CT molecular complexity index is 676. The standard InChI is InChI=1S/C19H23NO/c1-12-10-19(21-4)13(2)9-17(12)15-7-8-18-16(11-15)6-5-14(3)20-18/h7-11,14,20H,5-6H2,1-4H3. The summed E-state index contributed by atoms with van der Waals surface area (Å²) in [5.41, 5.74) is 7.76. The Hall–Kier alpha value is -1.96. The number of methoxy groups -OCH3 is 1. The molecule has 3 rings (SSSR count). The third kappa shape index (κ3) is 2.63. The SMILES string of the molecule is COc1cc(C)c(-c2ccc3c(c2)CCC(C)N3)cc1C. The van der Waals surface area contributed by atoms with Gasteiger partial charge in [0.2, 0.25) is 0 Å². The average Bonchev–Trinajstić information content (AvgIpc) is 2.48. The van der Waals surface area contributed by atoms with Crippen molar-refractivity contribution in [1.29, 1.82) is 0 Å². The van der Waals surface area contributed by atoms with Crippen LogP contribution >= 0.6 is 0 Å². The minimum absolute atomic E-state index is 0.577. The number of hydrogen-bond donors (Lipinski definition) is 1. The summed E-state index contributed by atoms with van der Waals surface area (Å²) in [5, 5.41) is 3.56. The fourth-order valence-corrected chi connectivity index (χ4v) is 3.14. The molecule has 21 heavy (non-hydrogen) atoms. The van der Waals surface area contributed by atoms with Gasteiger partial charge in [0, 0.05) is 11.7 Å². The maximum Gasteiger partial charge on any atom is 0.122 e. The Morgan fingerprint density at radius 1 is 1.10 bits per heavy atom. The largest absolute Gasteiger partial charge is 0.496 e. The Labute approximate surface area is 127 Å². The molecule has 0 aromatic heterocycles. The molecule has 0 spiro atoms. The van der Waals surface area contributed by atoms with E-state index in [1.165, 1.54) is 39.9 Å². The molecule has 1 N–H and O–H groups in total. The zero-order valence-corrected chi connectivity index (χ0v) is 13.3. The monoisotopic (exact) mass is 281 g/mol. The fourth-order valence-electron chi connectivity index (χ4n) is 3.14. The van der Waals surface area contributed by atoms with E-state index in [2.05, 4.69) is 56.4 Å². The van der Waals surface area contributed by atoms with Crippen LogP contribution in [0.1, 0.15) is 30.0 Å². The van der Waals surface area contributed by atoms with Gasteiger partial charge in [-0.25, -0.2) is 0 Å². The van der Waals surface area contributed by atoms with E-state index in [1.54, 1.807) is 7.11 Å². The third-order valence-corrected chi connectivity index (χ3v) is 4.41. The molecule has 0 radical (unpaired) electrons. The highest BCUT2D eigenvalue weighted by Gasteiger charge is 2.15. The topological polar surface area (TPSA) is 21.3 Å². The van der Waals surface area contributed by atoms with Crippen molar-refractivity contribution in [3.63, 3.8) is 0 Å².